The van der Waals surface area contributed by atoms with E-state index in [0.29, 0.717) is 12.5 Å². The number of nitrogens with zero attached hydrogens (tertiary/aromatic N) is 8. The van der Waals surface area contributed by atoms with E-state index in [0.717, 1.165) is 32.1 Å². The van der Waals surface area contributed by atoms with Crippen molar-refractivity contribution in [2.45, 2.75) is 6.67 Å². The fraction of sp³-hybridized carbons (Fsp3) is 0.417. The van der Waals surface area contributed by atoms with E-state index in [1.54, 1.807) is 23.3 Å². The van der Waals surface area contributed by atoms with Gasteiger partial charge in [0.25, 0.3) is 0 Å². The minimum atomic E-state index is 0.346. The molecule has 20 heavy (non-hydrogen) atoms. The van der Waals surface area contributed by atoms with Crippen LogP contribution in [0.3, 0.4) is 0 Å². The zero-order chi connectivity index (χ0) is 13.8. The average Bonchev–Trinajstić information content (AvgIpc) is 2.96. The van der Waals surface area contributed by atoms with Gasteiger partial charge in [-0.05, 0) is 6.07 Å². The Balaban J connectivity index is 1.58. The molecule has 3 heterocycles. The molecule has 8 heteroatoms. The van der Waals surface area contributed by atoms with Crippen LogP contribution in [0.25, 0.3) is 0 Å². The summed E-state index contributed by atoms with van der Waals surface area (Å²) in [6.07, 6.45) is 5.10. The topological polar surface area (TPSA) is 86.8 Å². The van der Waals surface area contributed by atoms with Crippen LogP contribution in [0, 0.1) is 11.3 Å². The number of anilines is 1. The quantitative estimate of drug-likeness (QED) is 0.758. The van der Waals surface area contributed by atoms with Crippen molar-refractivity contribution in [3.63, 3.8) is 0 Å². The maximum atomic E-state index is 8.91. The summed E-state index contributed by atoms with van der Waals surface area (Å²) in [5, 5.41) is 16.4. The van der Waals surface area contributed by atoms with Crippen molar-refractivity contribution in [1.29, 1.82) is 5.26 Å². The van der Waals surface area contributed by atoms with E-state index in [-0.39, 0.29) is 0 Å². The van der Waals surface area contributed by atoms with Gasteiger partial charge in [-0.15, -0.1) is 10.2 Å². The molecule has 3 rings (SSSR count). The first-order valence-corrected chi connectivity index (χ1v) is 6.39. The molecule has 0 spiro atoms. The number of aromatic nitrogens is 5. The summed E-state index contributed by atoms with van der Waals surface area (Å²) in [6, 6.07) is 3.85. The Morgan fingerprint density at radius 1 is 1.15 bits per heavy atom. The Labute approximate surface area is 116 Å². The van der Waals surface area contributed by atoms with Crippen LogP contribution >= 0.6 is 0 Å². The summed E-state index contributed by atoms with van der Waals surface area (Å²) in [7, 11) is 0. The van der Waals surface area contributed by atoms with Crippen molar-refractivity contribution >= 4 is 5.95 Å². The molecule has 0 N–H and O–H groups in total. The van der Waals surface area contributed by atoms with Crippen molar-refractivity contribution in [3.05, 3.63) is 30.6 Å². The number of hydrogen-bond donors (Lipinski definition) is 0. The van der Waals surface area contributed by atoms with Gasteiger partial charge in [0.05, 0.1) is 6.67 Å². The van der Waals surface area contributed by atoms with Crippen LogP contribution in [0.1, 0.15) is 5.82 Å². The van der Waals surface area contributed by atoms with E-state index in [4.69, 9.17) is 5.26 Å². The Hall–Kier alpha value is -2.53. The molecule has 0 radical (unpaired) electrons. The van der Waals surface area contributed by atoms with E-state index in [1.165, 1.54) is 0 Å². The molecule has 102 valence electrons. The van der Waals surface area contributed by atoms with Gasteiger partial charge < -0.3 is 4.90 Å². The molecule has 2 aromatic rings. The molecule has 0 atom stereocenters. The van der Waals surface area contributed by atoms with Crippen LogP contribution in [-0.4, -0.2) is 55.8 Å². The highest BCUT2D eigenvalue weighted by molar-refractivity contribution is 5.29. The third-order valence-electron chi connectivity index (χ3n) is 3.28. The van der Waals surface area contributed by atoms with E-state index >= 15 is 0 Å². The van der Waals surface area contributed by atoms with Crippen LogP contribution in [0.15, 0.2) is 24.8 Å². The van der Waals surface area contributed by atoms with E-state index < -0.39 is 0 Å². The molecular weight excluding hydrogens is 256 g/mol. The van der Waals surface area contributed by atoms with Crippen LogP contribution in [0.5, 0.6) is 0 Å². The molecule has 1 aliphatic rings. The molecule has 0 amide bonds. The SMILES string of the molecule is N#Cc1nncn1CN1CCN(c2ncccn2)CC1. The smallest absolute Gasteiger partial charge is 0.235 e. The molecule has 0 unspecified atom stereocenters. The molecule has 8 nitrogen and oxygen atoms in total. The van der Waals surface area contributed by atoms with Gasteiger partial charge in [0, 0.05) is 38.6 Å². The predicted octanol–water partition coefficient (Wildman–Crippen LogP) is -0.281. The maximum absolute atomic E-state index is 8.91. The van der Waals surface area contributed by atoms with Gasteiger partial charge in [0.1, 0.15) is 12.4 Å². The van der Waals surface area contributed by atoms with Gasteiger partial charge in [-0.3, -0.25) is 9.47 Å². The Morgan fingerprint density at radius 3 is 2.60 bits per heavy atom. The number of nitriles is 1. The van der Waals surface area contributed by atoms with Crippen molar-refractivity contribution in [3.8, 4) is 6.07 Å². The molecule has 1 aliphatic heterocycles. The van der Waals surface area contributed by atoms with Gasteiger partial charge in [0.15, 0.2) is 0 Å². The first-order chi connectivity index (χ1) is 9.86. The Bertz CT molecular complexity index is 593. The lowest BCUT2D eigenvalue weighted by molar-refractivity contribution is 0.204. The van der Waals surface area contributed by atoms with E-state index in [1.807, 2.05) is 12.1 Å². The number of piperazine rings is 1. The second-order valence-electron chi connectivity index (χ2n) is 4.53. The highest BCUT2D eigenvalue weighted by Gasteiger charge is 2.19. The van der Waals surface area contributed by atoms with E-state index in [9.17, 15) is 0 Å². The summed E-state index contributed by atoms with van der Waals surface area (Å²) < 4.78 is 1.76. The minimum Gasteiger partial charge on any atom is -0.338 e. The van der Waals surface area contributed by atoms with Crippen LogP contribution in [0.2, 0.25) is 0 Å². The van der Waals surface area contributed by atoms with Crippen LogP contribution in [-0.2, 0) is 6.67 Å². The first-order valence-electron chi connectivity index (χ1n) is 6.39. The van der Waals surface area contributed by atoms with Crippen molar-refractivity contribution in [2.75, 3.05) is 31.1 Å². The third-order valence-corrected chi connectivity index (χ3v) is 3.28. The molecule has 2 aromatic heterocycles. The van der Waals surface area contributed by atoms with Gasteiger partial charge in [-0.25, -0.2) is 9.97 Å². The molecule has 0 aromatic carbocycles. The predicted molar refractivity (Wildman–Crippen MR) is 70.6 cm³/mol. The summed E-state index contributed by atoms with van der Waals surface area (Å²) in [5.74, 6) is 1.12. The lowest BCUT2D eigenvalue weighted by atomic mass is 10.3. The molecular formula is C12H14N8. The van der Waals surface area contributed by atoms with E-state index in [2.05, 4.69) is 30.0 Å². The Morgan fingerprint density at radius 2 is 1.90 bits per heavy atom. The molecule has 1 fully saturated rings. The average molecular weight is 270 g/mol. The van der Waals surface area contributed by atoms with Crippen molar-refractivity contribution in [1.82, 2.24) is 29.6 Å². The second-order valence-corrected chi connectivity index (χ2v) is 4.53. The maximum Gasteiger partial charge on any atom is 0.235 e. The first kappa shape index (κ1) is 12.5. The van der Waals surface area contributed by atoms with Gasteiger partial charge in [0.2, 0.25) is 11.8 Å². The van der Waals surface area contributed by atoms with Crippen LogP contribution < -0.4 is 4.90 Å². The number of rotatable bonds is 3. The molecule has 0 aliphatic carbocycles. The molecule has 0 bridgehead atoms. The fourth-order valence-corrected chi connectivity index (χ4v) is 2.20. The summed E-state index contributed by atoms with van der Waals surface area (Å²) in [6.45, 7) is 4.16. The highest BCUT2D eigenvalue weighted by atomic mass is 15.4. The summed E-state index contributed by atoms with van der Waals surface area (Å²) >= 11 is 0. The molecule has 1 saturated heterocycles. The van der Waals surface area contributed by atoms with Gasteiger partial charge in [-0.2, -0.15) is 5.26 Å². The van der Waals surface area contributed by atoms with Crippen LogP contribution in [0.4, 0.5) is 5.95 Å². The fourth-order valence-electron chi connectivity index (χ4n) is 2.20. The third kappa shape index (κ3) is 2.57. The van der Waals surface area contributed by atoms with Gasteiger partial charge in [-0.1, -0.05) is 0 Å². The lowest BCUT2D eigenvalue weighted by Crippen LogP contribution is -2.47. The van der Waals surface area contributed by atoms with Crippen molar-refractivity contribution < 1.29 is 0 Å². The Kier molecular flexibility index (Phi) is 3.52. The van der Waals surface area contributed by atoms with Gasteiger partial charge >= 0.3 is 0 Å². The zero-order valence-electron chi connectivity index (χ0n) is 10.9. The highest BCUT2D eigenvalue weighted by Crippen LogP contribution is 2.10. The standard InChI is InChI=1S/C12H14N8/c13-8-11-17-16-9-20(11)10-18-4-6-19(7-5-18)12-14-2-1-3-15-12/h1-3,9H,4-7,10H2. The normalized spacial score (nSPS) is 16.1. The van der Waals surface area contributed by atoms with Crippen molar-refractivity contribution in [2.24, 2.45) is 0 Å². The summed E-state index contributed by atoms with van der Waals surface area (Å²) in [4.78, 5) is 12.9. The summed E-state index contributed by atoms with van der Waals surface area (Å²) in [5.41, 5.74) is 0. The lowest BCUT2D eigenvalue weighted by Gasteiger charge is -2.34. The molecule has 0 saturated carbocycles. The number of hydrogen-bond acceptors (Lipinski definition) is 7. The zero-order valence-corrected chi connectivity index (χ0v) is 10.9. The monoisotopic (exact) mass is 270 g/mol. The largest absolute Gasteiger partial charge is 0.338 e. The second kappa shape index (κ2) is 5.63. The minimum absolute atomic E-state index is 0.346.